The van der Waals surface area contributed by atoms with Crippen molar-refractivity contribution in [2.45, 2.75) is 46.1 Å². The third-order valence-electron chi connectivity index (χ3n) is 3.62. The molecule has 0 fully saturated rings. The van der Waals surface area contributed by atoms with Crippen LogP contribution in [0.4, 0.5) is 0 Å². The van der Waals surface area contributed by atoms with E-state index in [-0.39, 0.29) is 17.7 Å². The van der Waals surface area contributed by atoms with Crippen molar-refractivity contribution in [1.82, 2.24) is 5.32 Å². The minimum atomic E-state index is -0.356. The van der Waals surface area contributed by atoms with Crippen molar-refractivity contribution < 1.29 is 9.59 Å². The SMILES string of the molecule is CC(=O)N[C@@H]1CCCc2cc(C)c(C)cc2C1=O. The van der Waals surface area contributed by atoms with E-state index in [2.05, 4.69) is 18.3 Å². The standard InChI is InChI=1S/C15H19NO2/c1-9-7-12-5-4-6-14(16-11(3)17)15(18)13(12)8-10(9)2/h7-8,14H,4-6H2,1-3H3,(H,16,17)/t14-/m1/s1. The molecule has 96 valence electrons. The van der Waals surface area contributed by atoms with Crippen LogP contribution >= 0.6 is 0 Å². The number of carbonyl (C=O) groups excluding carboxylic acids is 2. The highest BCUT2D eigenvalue weighted by atomic mass is 16.2. The van der Waals surface area contributed by atoms with Crippen LogP contribution in [0.3, 0.4) is 0 Å². The molecule has 1 aromatic rings. The average molecular weight is 245 g/mol. The molecule has 0 bridgehead atoms. The minimum absolute atomic E-state index is 0.0563. The number of aryl methyl sites for hydroxylation is 3. The predicted octanol–water partition coefficient (Wildman–Crippen LogP) is 2.33. The summed E-state index contributed by atoms with van der Waals surface area (Å²) in [7, 11) is 0. The van der Waals surface area contributed by atoms with Gasteiger partial charge in [-0.15, -0.1) is 0 Å². The molecule has 0 unspecified atom stereocenters. The quantitative estimate of drug-likeness (QED) is 0.772. The molecule has 2 rings (SSSR count). The van der Waals surface area contributed by atoms with Crippen LogP contribution in [0.5, 0.6) is 0 Å². The Kier molecular flexibility index (Phi) is 3.50. The molecular formula is C15H19NO2. The molecule has 1 amide bonds. The summed E-state index contributed by atoms with van der Waals surface area (Å²) in [6.45, 7) is 5.54. The third-order valence-corrected chi connectivity index (χ3v) is 3.62. The topological polar surface area (TPSA) is 46.2 Å². The molecule has 1 aliphatic rings. The Morgan fingerprint density at radius 1 is 1.28 bits per heavy atom. The molecule has 1 aliphatic carbocycles. The first-order chi connectivity index (χ1) is 8.49. The second kappa shape index (κ2) is 4.92. The van der Waals surface area contributed by atoms with Gasteiger partial charge < -0.3 is 5.32 Å². The van der Waals surface area contributed by atoms with E-state index in [0.29, 0.717) is 0 Å². The molecule has 1 atom stereocenters. The van der Waals surface area contributed by atoms with Gasteiger partial charge >= 0.3 is 0 Å². The number of ketones is 1. The van der Waals surface area contributed by atoms with Crippen molar-refractivity contribution in [3.8, 4) is 0 Å². The van der Waals surface area contributed by atoms with Gasteiger partial charge in [0.2, 0.25) is 5.91 Å². The highest BCUT2D eigenvalue weighted by Crippen LogP contribution is 2.24. The van der Waals surface area contributed by atoms with E-state index in [1.807, 2.05) is 13.0 Å². The second-order valence-corrected chi connectivity index (χ2v) is 5.10. The minimum Gasteiger partial charge on any atom is -0.346 e. The zero-order chi connectivity index (χ0) is 13.3. The molecule has 0 spiro atoms. The number of carbonyl (C=O) groups is 2. The van der Waals surface area contributed by atoms with E-state index in [9.17, 15) is 9.59 Å². The first-order valence-electron chi connectivity index (χ1n) is 6.40. The smallest absolute Gasteiger partial charge is 0.217 e. The molecule has 1 aromatic carbocycles. The molecule has 1 N–H and O–H groups in total. The van der Waals surface area contributed by atoms with Crippen LogP contribution in [-0.4, -0.2) is 17.7 Å². The number of fused-ring (bicyclic) bond motifs is 1. The van der Waals surface area contributed by atoms with Crippen LogP contribution in [-0.2, 0) is 11.2 Å². The van der Waals surface area contributed by atoms with E-state index in [1.165, 1.54) is 12.5 Å². The van der Waals surface area contributed by atoms with Gasteiger partial charge in [-0.1, -0.05) is 6.07 Å². The monoisotopic (exact) mass is 245 g/mol. The predicted molar refractivity (Wildman–Crippen MR) is 70.8 cm³/mol. The third kappa shape index (κ3) is 2.45. The average Bonchev–Trinajstić information content (AvgIpc) is 2.42. The zero-order valence-electron chi connectivity index (χ0n) is 11.2. The summed E-state index contributed by atoms with van der Waals surface area (Å²) in [6, 6.07) is 3.72. The van der Waals surface area contributed by atoms with Crippen LogP contribution in [0.2, 0.25) is 0 Å². The summed E-state index contributed by atoms with van der Waals surface area (Å²) in [5.41, 5.74) is 4.26. The van der Waals surface area contributed by atoms with Gasteiger partial charge in [0.05, 0.1) is 6.04 Å². The largest absolute Gasteiger partial charge is 0.346 e. The number of Topliss-reactive ketones (excluding diaryl/α,β-unsaturated/α-hetero) is 1. The number of benzene rings is 1. The number of rotatable bonds is 1. The number of nitrogens with one attached hydrogen (secondary N) is 1. The molecule has 0 saturated heterocycles. The Bertz CT molecular complexity index is 505. The molecule has 18 heavy (non-hydrogen) atoms. The maximum absolute atomic E-state index is 12.4. The fourth-order valence-corrected chi connectivity index (χ4v) is 2.51. The fourth-order valence-electron chi connectivity index (χ4n) is 2.51. The van der Waals surface area contributed by atoms with Crippen molar-refractivity contribution in [3.63, 3.8) is 0 Å². The summed E-state index contributed by atoms with van der Waals surface area (Å²) >= 11 is 0. The van der Waals surface area contributed by atoms with Crippen molar-refractivity contribution in [3.05, 3.63) is 34.4 Å². The molecule has 0 radical (unpaired) electrons. The summed E-state index contributed by atoms with van der Waals surface area (Å²) in [6.07, 6.45) is 2.58. The van der Waals surface area contributed by atoms with Gasteiger partial charge in [-0.25, -0.2) is 0 Å². The van der Waals surface area contributed by atoms with Crippen LogP contribution in [0.1, 0.15) is 46.8 Å². The lowest BCUT2D eigenvalue weighted by molar-refractivity contribution is -0.119. The first-order valence-corrected chi connectivity index (χ1v) is 6.40. The van der Waals surface area contributed by atoms with Gasteiger partial charge in [-0.2, -0.15) is 0 Å². The van der Waals surface area contributed by atoms with E-state index in [1.54, 1.807) is 0 Å². The van der Waals surface area contributed by atoms with Crippen LogP contribution in [0, 0.1) is 13.8 Å². The highest BCUT2D eigenvalue weighted by molar-refractivity contribution is 6.03. The number of hydrogen-bond acceptors (Lipinski definition) is 2. The number of amides is 1. The van der Waals surface area contributed by atoms with Gasteiger partial charge in [0.1, 0.15) is 0 Å². The lowest BCUT2D eigenvalue weighted by Crippen LogP contribution is -2.39. The fraction of sp³-hybridized carbons (Fsp3) is 0.467. The van der Waals surface area contributed by atoms with Crippen LogP contribution < -0.4 is 5.32 Å². The molecule has 3 heteroatoms. The summed E-state index contributed by atoms with van der Waals surface area (Å²) in [5.74, 6) is -0.0820. The Hall–Kier alpha value is -1.64. The molecule has 0 aliphatic heterocycles. The van der Waals surface area contributed by atoms with Crippen molar-refractivity contribution >= 4 is 11.7 Å². The Balaban J connectivity index is 2.39. The summed E-state index contributed by atoms with van der Waals surface area (Å²) in [5, 5.41) is 2.76. The molecule has 0 aromatic heterocycles. The molecule has 0 saturated carbocycles. The summed E-state index contributed by atoms with van der Waals surface area (Å²) in [4.78, 5) is 23.6. The Labute approximate surface area is 108 Å². The van der Waals surface area contributed by atoms with E-state index >= 15 is 0 Å². The lowest BCUT2D eigenvalue weighted by atomic mass is 9.95. The van der Waals surface area contributed by atoms with Gasteiger partial charge in [0, 0.05) is 12.5 Å². The lowest BCUT2D eigenvalue weighted by Gasteiger charge is -2.15. The Morgan fingerprint density at radius 2 is 1.94 bits per heavy atom. The van der Waals surface area contributed by atoms with Gasteiger partial charge in [0.15, 0.2) is 5.78 Å². The van der Waals surface area contributed by atoms with Crippen molar-refractivity contribution in [1.29, 1.82) is 0 Å². The van der Waals surface area contributed by atoms with E-state index in [4.69, 9.17) is 0 Å². The van der Waals surface area contributed by atoms with Crippen molar-refractivity contribution in [2.75, 3.05) is 0 Å². The highest BCUT2D eigenvalue weighted by Gasteiger charge is 2.26. The van der Waals surface area contributed by atoms with Gasteiger partial charge in [-0.3, -0.25) is 9.59 Å². The van der Waals surface area contributed by atoms with Gasteiger partial charge in [-0.05, 0) is 55.9 Å². The normalized spacial score (nSPS) is 19.1. The van der Waals surface area contributed by atoms with Gasteiger partial charge in [0.25, 0.3) is 0 Å². The van der Waals surface area contributed by atoms with Crippen LogP contribution in [0.15, 0.2) is 12.1 Å². The first kappa shape index (κ1) is 12.8. The zero-order valence-corrected chi connectivity index (χ0v) is 11.2. The molecule has 3 nitrogen and oxygen atoms in total. The summed E-state index contributed by atoms with van der Waals surface area (Å²) < 4.78 is 0. The molecule has 0 heterocycles. The van der Waals surface area contributed by atoms with Crippen molar-refractivity contribution in [2.24, 2.45) is 0 Å². The van der Waals surface area contributed by atoms with E-state index < -0.39 is 0 Å². The molecular weight excluding hydrogens is 226 g/mol. The van der Waals surface area contributed by atoms with E-state index in [0.717, 1.165) is 36.0 Å². The van der Waals surface area contributed by atoms with Crippen LogP contribution in [0.25, 0.3) is 0 Å². The Morgan fingerprint density at radius 3 is 2.61 bits per heavy atom. The maximum atomic E-state index is 12.4. The maximum Gasteiger partial charge on any atom is 0.217 e. The number of hydrogen-bond donors (Lipinski definition) is 1. The second-order valence-electron chi connectivity index (χ2n) is 5.10.